The summed E-state index contributed by atoms with van der Waals surface area (Å²) in [4.78, 5) is 2.52. The number of morpholine rings is 1. The van der Waals surface area contributed by atoms with E-state index in [9.17, 15) is 0 Å². The fraction of sp³-hybridized carbons (Fsp3) is 0.600. The fourth-order valence-electron chi connectivity index (χ4n) is 2.50. The quantitative estimate of drug-likeness (QED) is 0.897. The van der Waals surface area contributed by atoms with Gasteiger partial charge in [0.05, 0.1) is 12.7 Å². The van der Waals surface area contributed by atoms with Crippen LogP contribution in [0.4, 0.5) is 5.69 Å². The number of anilines is 1. The maximum Gasteiger partial charge on any atom is 0.0674 e. The Balaban J connectivity index is 1.80. The molecule has 1 saturated heterocycles. The number of nitrogens with zero attached hydrogens (tertiary/aromatic N) is 1. The van der Waals surface area contributed by atoms with Gasteiger partial charge in [-0.3, -0.25) is 4.90 Å². The summed E-state index contributed by atoms with van der Waals surface area (Å²) < 4.78 is 5.71. The van der Waals surface area contributed by atoms with Crippen molar-refractivity contribution in [2.24, 2.45) is 0 Å². The summed E-state index contributed by atoms with van der Waals surface area (Å²) in [6.45, 7) is 8.22. The summed E-state index contributed by atoms with van der Waals surface area (Å²) in [5.41, 5.74) is 1.09. The third kappa shape index (κ3) is 4.37. The molecule has 0 aliphatic carbocycles. The van der Waals surface area contributed by atoms with Crippen LogP contribution in [0.15, 0.2) is 24.3 Å². The summed E-state index contributed by atoms with van der Waals surface area (Å²) in [6.07, 6.45) is 1.48. The fourth-order valence-corrected chi connectivity index (χ4v) is 2.70. The molecule has 106 valence electrons. The summed E-state index contributed by atoms with van der Waals surface area (Å²) in [5.74, 6) is 0. The third-order valence-corrected chi connectivity index (χ3v) is 3.84. The van der Waals surface area contributed by atoms with E-state index in [0.717, 1.165) is 43.4 Å². The molecule has 0 amide bonds. The lowest BCUT2D eigenvalue weighted by Crippen LogP contribution is -2.49. The van der Waals surface area contributed by atoms with E-state index in [4.69, 9.17) is 16.3 Å². The Kier molecular flexibility index (Phi) is 5.49. The maximum absolute atomic E-state index is 5.97. The molecule has 0 aromatic heterocycles. The summed E-state index contributed by atoms with van der Waals surface area (Å²) in [5, 5.41) is 4.20. The highest BCUT2D eigenvalue weighted by atomic mass is 35.5. The lowest BCUT2D eigenvalue weighted by molar-refractivity contribution is -0.0541. The molecular formula is C15H23ClN2O. The van der Waals surface area contributed by atoms with Crippen molar-refractivity contribution in [3.8, 4) is 0 Å². The van der Waals surface area contributed by atoms with Crippen molar-refractivity contribution in [2.75, 3.05) is 31.6 Å². The number of hydrogen-bond donors (Lipinski definition) is 1. The Morgan fingerprint density at radius 1 is 1.47 bits per heavy atom. The van der Waals surface area contributed by atoms with E-state index in [-0.39, 0.29) is 0 Å². The zero-order valence-corrected chi connectivity index (χ0v) is 12.5. The molecular weight excluding hydrogens is 260 g/mol. The van der Waals surface area contributed by atoms with Gasteiger partial charge in [0.25, 0.3) is 0 Å². The molecule has 2 atom stereocenters. The van der Waals surface area contributed by atoms with E-state index < -0.39 is 0 Å². The van der Waals surface area contributed by atoms with E-state index in [2.05, 4.69) is 24.1 Å². The molecule has 0 saturated carbocycles. The van der Waals surface area contributed by atoms with Crippen LogP contribution in [0.25, 0.3) is 0 Å². The molecule has 2 unspecified atom stereocenters. The number of rotatable bonds is 5. The van der Waals surface area contributed by atoms with Gasteiger partial charge in [-0.2, -0.15) is 0 Å². The van der Waals surface area contributed by atoms with Crippen LogP contribution in [0.5, 0.6) is 0 Å². The second kappa shape index (κ2) is 7.13. The molecule has 1 aromatic carbocycles. The van der Waals surface area contributed by atoms with Crippen molar-refractivity contribution in [1.82, 2.24) is 4.90 Å². The van der Waals surface area contributed by atoms with Crippen LogP contribution in [0.3, 0.4) is 0 Å². The molecule has 1 fully saturated rings. The van der Waals surface area contributed by atoms with E-state index >= 15 is 0 Å². The van der Waals surface area contributed by atoms with Gasteiger partial charge in [-0.25, -0.2) is 0 Å². The first-order valence-electron chi connectivity index (χ1n) is 7.04. The molecule has 0 bridgehead atoms. The lowest BCUT2D eigenvalue weighted by atomic mass is 10.1. The molecule has 3 nitrogen and oxygen atoms in total. The molecule has 1 aromatic rings. The highest BCUT2D eigenvalue weighted by Gasteiger charge is 2.24. The van der Waals surface area contributed by atoms with Crippen molar-refractivity contribution >= 4 is 17.3 Å². The summed E-state index contributed by atoms with van der Waals surface area (Å²) in [7, 11) is 0. The van der Waals surface area contributed by atoms with Gasteiger partial charge in [0.1, 0.15) is 0 Å². The summed E-state index contributed by atoms with van der Waals surface area (Å²) >= 11 is 5.97. The molecule has 2 rings (SSSR count). The zero-order chi connectivity index (χ0) is 13.7. The van der Waals surface area contributed by atoms with E-state index in [1.165, 1.54) is 0 Å². The van der Waals surface area contributed by atoms with Gasteiger partial charge in [0.2, 0.25) is 0 Å². The van der Waals surface area contributed by atoms with Crippen molar-refractivity contribution < 1.29 is 4.74 Å². The van der Waals surface area contributed by atoms with Crippen molar-refractivity contribution in [3.05, 3.63) is 29.3 Å². The first kappa shape index (κ1) is 14.6. The number of halogens is 1. The first-order valence-corrected chi connectivity index (χ1v) is 7.42. The van der Waals surface area contributed by atoms with Gasteiger partial charge < -0.3 is 10.1 Å². The molecule has 1 heterocycles. The second-order valence-corrected chi connectivity index (χ2v) is 5.57. The standard InChI is InChI=1S/C15H23ClN2O/c1-3-15-11-19-12(2)10-18(15)8-7-17-14-6-4-5-13(16)9-14/h4-6,9,12,15,17H,3,7-8,10-11H2,1-2H3. The highest BCUT2D eigenvalue weighted by molar-refractivity contribution is 6.30. The van der Waals surface area contributed by atoms with Crippen molar-refractivity contribution in [2.45, 2.75) is 32.4 Å². The van der Waals surface area contributed by atoms with Gasteiger partial charge in [0.15, 0.2) is 0 Å². The Labute approximate surface area is 120 Å². The van der Waals surface area contributed by atoms with Crippen LogP contribution in [-0.4, -0.2) is 43.3 Å². The van der Waals surface area contributed by atoms with E-state index in [1.54, 1.807) is 0 Å². The molecule has 19 heavy (non-hydrogen) atoms. The Morgan fingerprint density at radius 3 is 3.05 bits per heavy atom. The number of benzene rings is 1. The predicted octanol–water partition coefficient (Wildman–Crippen LogP) is 3.25. The minimum atomic E-state index is 0.342. The van der Waals surface area contributed by atoms with Crippen LogP contribution < -0.4 is 5.32 Å². The SMILES string of the molecule is CCC1COC(C)CN1CCNc1cccc(Cl)c1. The van der Waals surface area contributed by atoms with Crippen LogP contribution in [0.2, 0.25) is 5.02 Å². The largest absolute Gasteiger partial charge is 0.384 e. The smallest absolute Gasteiger partial charge is 0.0674 e. The average Bonchev–Trinajstić information content (AvgIpc) is 2.39. The molecule has 4 heteroatoms. The topological polar surface area (TPSA) is 24.5 Å². The van der Waals surface area contributed by atoms with E-state index in [0.29, 0.717) is 12.1 Å². The normalized spacial score (nSPS) is 24.4. The lowest BCUT2D eigenvalue weighted by Gasteiger charge is -2.38. The minimum absolute atomic E-state index is 0.342. The highest BCUT2D eigenvalue weighted by Crippen LogP contribution is 2.16. The zero-order valence-electron chi connectivity index (χ0n) is 11.7. The predicted molar refractivity (Wildman–Crippen MR) is 81.0 cm³/mol. The Hall–Kier alpha value is -0.770. The van der Waals surface area contributed by atoms with Crippen LogP contribution in [0, 0.1) is 0 Å². The second-order valence-electron chi connectivity index (χ2n) is 5.14. The van der Waals surface area contributed by atoms with E-state index in [1.807, 2.05) is 24.3 Å². The van der Waals surface area contributed by atoms with Gasteiger partial charge in [0, 0.05) is 36.4 Å². The molecule has 0 radical (unpaired) electrons. The minimum Gasteiger partial charge on any atom is -0.384 e. The van der Waals surface area contributed by atoms with Gasteiger partial charge in [-0.1, -0.05) is 24.6 Å². The average molecular weight is 283 g/mol. The van der Waals surface area contributed by atoms with Crippen LogP contribution in [-0.2, 0) is 4.74 Å². The van der Waals surface area contributed by atoms with Crippen molar-refractivity contribution in [3.63, 3.8) is 0 Å². The number of nitrogens with one attached hydrogen (secondary N) is 1. The van der Waals surface area contributed by atoms with Gasteiger partial charge >= 0.3 is 0 Å². The summed E-state index contributed by atoms with van der Waals surface area (Å²) in [6, 6.07) is 8.42. The monoisotopic (exact) mass is 282 g/mol. The third-order valence-electron chi connectivity index (χ3n) is 3.61. The maximum atomic E-state index is 5.97. The number of hydrogen-bond acceptors (Lipinski definition) is 3. The Morgan fingerprint density at radius 2 is 2.32 bits per heavy atom. The molecule has 0 spiro atoms. The molecule has 1 aliphatic heterocycles. The van der Waals surface area contributed by atoms with Crippen molar-refractivity contribution in [1.29, 1.82) is 0 Å². The Bertz CT molecular complexity index is 399. The first-order chi connectivity index (χ1) is 9.19. The molecule has 1 N–H and O–H groups in total. The van der Waals surface area contributed by atoms with Gasteiger partial charge in [-0.05, 0) is 31.5 Å². The van der Waals surface area contributed by atoms with Crippen LogP contribution >= 0.6 is 11.6 Å². The van der Waals surface area contributed by atoms with Gasteiger partial charge in [-0.15, -0.1) is 0 Å². The number of ether oxygens (including phenoxy) is 1. The van der Waals surface area contributed by atoms with Crippen LogP contribution in [0.1, 0.15) is 20.3 Å². The molecule has 1 aliphatic rings.